The van der Waals surface area contributed by atoms with Crippen molar-refractivity contribution in [3.05, 3.63) is 72.7 Å². The van der Waals surface area contributed by atoms with Gasteiger partial charge in [0.15, 0.2) is 0 Å². The Morgan fingerprint density at radius 1 is 0.931 bits per heavy atom. The SMILES string of the molecule is c1ccc(-c2cnc(-c3ccncc3)c(CNCCCN3CCOCC3)c2)cc1. The Morgan fingerprint density at radius 3 is 2.52 bits per heavy atom. The lowest BCUT2D eigenvalue weighted by Crippen LogP contribution is -2.37. The van der Waals surface area contributed by atoms with Crippen LogP contribution in [-0.2, 0) is 11.3 Å². The molecule has 29 heavy (non-hydrogen) atoms. The number of ether oxygens (including phenoxy) is 1. The number of morpholine rings is 1. The number of rotatable bonds is 8. The van der Waals surface area contributed by atoms with E-state index in [2.05, 4.69) is 45.5 Å². The van der Waals surface area contributed by atoms with E-state index in [9.17, 15) is 0 Å². The summed E-state index contributed by atoms with van der Waals surface area (Å²) in [6, 6.07) is 16.7. The maximum atomic E-state index is 5.42. The van der Waals surface area contributed by atoms with E-state index in [0.717, 1.165) is 69.2 Å². The molecule has 1 saturated heterocycles. The van der Waals surface area contributed by atoms with Gasteiger partial charge in [-0.1, -0.05) is 30.3 Å². The van der Waals surface area contributed by atoms with Gasteiger partial charge >= 0.3 is 0 Å². The van der Waals surface area contributed by atoms with Crippen LogP contribution < -0.4 is 5.32 Å². The van der Waals surface area contributed by atoms with E-state index < -0.39 is 0 Å². The van der Waals surface area contributed by atoms with Crippen LogP contribution in [0.1, 0.15) is 12.0 Å². The quantitative estimate of drug-likeness (QED) is 0.597. The third kappa shape index (κ3) is 5.48. The highest BCUT2D eigenvalue weighted by atomic mass is 16.5. The first kappa shape index (κ1) is 19.7. The summed E-state index contributed by atoms with van der Waals surface area (Å²) in [6.45, 7) is 6.73. The number of nitrogens with zero attached hydrogens (tertiary/aromatic N) is 3. The molecular formula is C24H28N4O. The first-order valence-electron chi connectivity index (χ1n) is 10.4. The van der Waals surface area contributed by atoms with Crippen LogP contribution in [0.25, 0.3) is 22.4 Å². The molecule has 0 saturated carbocycles. The smallest absolute Gasteiger partial charge is 0.0748 e. The third-order valence-electron chi connectivity index (χ3n) is 5.27. The first-order chi connectivity index (χ1) is 14.4. The minimum absolute atomic E-state index is 0.800. The average Bonchev–Trinajstić information content (AvgIpc) is 2.80. The van der Waals surface area contributed by atoms with Gasteiger partial charge in [0.2, 0.25) is 0 Å². The molecule has 3 aromatic rings. The maximum Gasteiger partial charge on any atom is 0.0748 e. The summed E-state index contributed by atoms with van der Waals surface area (Å²) in [4.78, 5) is 11.4. The van der Waals surface area contributed by atoms with Crippen molar-refractivity contribution in [1.82, 2.24) is 20.2 Å². The highest BCUT2D eigenvalue weighted by Gasteiger charge is 2.11. The molecule has 0 unspecified atom stereocenters. The Kier molecular flexibility index (Phi) is 6.97. The van der Waals surface area contributed by atoms with Gasteiger partial charge in [0, 0.05) is 49.4 Å². The second-order valence-corrected chi connectivity index (χ2v) is 7.32. The zero-order chi connectivity index (χ0) is 19.7. The summed E-state index contributed by atoms with van der Waals surface area (Å²) in [5, 5.41) is 3.62. The van der Waals surface area contributed by atoms with Crippen molar-refractivity contribution in [2.45, 2.75) is 13.0 Å². The summed E-state index contributed by atoms with van der Waals surface area (Å²) in [5.41, 5.74) is 5.67. The summed E-state index contributed by atoms with van der Waals surface area (Å²) in [7, 11) is 0. The fourth-order valence-corrected chi connectivity index (χ4v) is 3.68. The molecule has 0 bridgehead atoms. The van der Waals surface area contributed by atoms with Crippen LogP contribution in [0.3, 0.4) is 0 Å². The fraction of sp³-hybridized carbons (Fsp3) is 0.333. The van der Waals surface area contributed by atoms with E-state index in [1.54, 1.807) is 0 Å². The molecule has 5 heteroatoms. The number of pyridine rings is 2. The Morgan fingerprint density at radius 2 is 1.72 bits per heavy atom. The Balaban J connectivity index is 1.44. The molecule has 0 aliphatic carbocycles. The molecule has 1 N–H and O–H groups in total. The number of nitrogens with one attached hydrogen (secondary N) is 1. The molecule has 0 atom stereocenters. The van der Waals surface area contributed by atoms with Crippen molar-refractivity contribution in [1.29, 1.82) is 0 Å². The lowest BCUT2D eigenvalue weighted by Gasteiger charge is -2.26. The van der Waals surface area contributed by atoms with E-state index in [4.69, 9.17) is 9.72 Å². The van der Waals surface area contributed by atoms with Gasteiger partial charge in [-0.05, 0) is 48.8 Å². The lowest BCUT2D eigenvalue weighted by atomic mass is 10.0. The van der Waals surface area contributed by atoms with E-state index in [1.165, 1.54) is 11.1 Å². The molecule has 2 aromatic heterocycles. The van der Waals surface area contributed by atoms with Crippen molar-refractivity contribution in [3.8, 4) is 22.4 Å². The Bertz CT molecular complexity index is 880. The average molecular weight is 389 g/mol. The molecule has 4 rings (SSSR count). The lowest BCUT2D eigenvalue weighted by molar-refractivity contribution is 0.0374. The molecule has 1 fully saturated rings. The molecule has 150 valence electrons. The molecule has 1 aliphatic rings. The molecule has 3 heterocycles. The van der Waals surface area contributed by atoms with Gasteiger partial charge in [-0.3, -0.25) is 14.9 Å². The zero-order valence-electron chi connectivity index (χ0n) is 16.8. The fourth-order valence-electron chi connectivity index (χ4n) is 3.68. The Hall–Kier alpha value is -2.60. The van der Waals surface area contributed by atoms with E-state index >= 15 is 0 Å². The van der Waals surface area contributed by atoms with Crippen LogP contribution in [0.5, 0.6) is 0 Å². The highest BCUT2D eigenvalue weighted by Crippen LogP contribution is 2.26. The molecular weight excluding hydrogens is 360 g/mol. The number of aromatic nitrogens is 2. The molecule has 1 aromatic carbocycles. The van der Waals surface area contributed by atoms with E-state index in [-0.39, 0.29) is 0 Å². The van der Waals surface area contributed by atoms with Crippen molar-refractivity contribution in [2.75, 3.05) is 39.4 Å². The van der Waals surface area contributed by atoms with Gasteiger partial charge in [-0.25, -0.2) is 0 Å². The minimum atomic E-state index is 0.800. The summed E-state index contributed by atoms with van der Waals surface area (Å²) in [6.07, 6.45) is 6.74. The summed E-state index contributed by atoms with van der Waals surface area (Å²) < 4.78 is 5.42. The van der Waals surface area contributed by atoms with Gasteiger partial charge in [0.1, 0.15) is 0 Å². The second-order valence-electron chi connectivity index (χ2n) is 7.32. The van der Waals surface area contributed by atoms with E-state index in [1.807, 2.05) is 36.8 Å². The van der Waals surface area contributed by atoms with Crippen LogP contribution in [0.2, 0.25) is 0 Å². The van der Waals surface area contributed by atoms with Crippen LogP contribution in [-0.4, -0.2) is 54.3 Å². The number of hydrogen-bond donors (Lipinski definition) is 1. The van der Waals surface area contributed by atoms with Crippen molar-refractivity contribution >= 4 is 0 Å². The van der Waals surface area contributed by atoms with Crippen LogP contribution >= 0.6 is 0 Å². The van der Waals surface area contributed by atoms with Gasteiger partial charge in [0.05, 0.1) is 18.9 Å². The van der Waals surface area contributed by atoms with Crippen LogP contribution in [0.15, 0.2) is 67.1 Å². The minimum Gasteiger partial charge on any atom is -0.379 e. The third-order valence-corrected chi connectivity index (χ3v) is 5.27. The summed E-state index contributed by atoms with van der Waals surface area (Å²) in [5.74, 6) is 0. The maximum absolute atomic E-state index is 5.42. The first-order valence-corrected chi connectivity index (χ1v) is 10.4. The van der Waals surface area contributed by atoms with Gasteiger partial charge in [-0.15, -0.1) is 0 Å². The van der Waals surface area contributed by atoms with Gasteiger partial charge in [-0.2, -0.15) is 0 Å². The summed E-state index contributed by atoms with van der Waals surface area (Å²) >= 11 is 0. The second kappa shape index (κ2) is 10.3. The normalized spacial score (nSPS) is 14.8. The highest BCUT2D eigenvalue weighted by molar-refractivity contribution is 5.69. The largest absolute Gasteiger partial charge is 0.379 e. The molecule has 1 aliphatic heterocycles. The predicted octanol–water partition coefficient (Wildman–Crippen LogP) is 3.62. The van der Waals surface area contributed by atoms with Gasteiger partial charge in [0.25, 0.3) is 0 Å². The number of hydrogen-bond acceptors (Lipinski definition) is 5. The molecule has 5 nitrogen and oxygen atoms in total. The van der Waals surface area contributed by atoms with Crippen molar-refractivity contribution in [2.24, 2.45) is 0 Å². The van der Waals surface area contributed by atoms with Crippen molar-refractivity contribution < 1.29 is 4.74 Å². The molecule has 0 spiro atoms. The van der Waals surface area contributed by atoms with Gasteiger partial charge < -0.3 is 10.1 Å². The van der Waals surface area contributed by atoms with Crippen LogP contribution in [0, 0.1) is 0 Å². The monoisotopic (exact) mass is 388 g/mol. The topological polar surface area (TPSA) is 50.3 Å². The zero-order valence-corrected chi connectivity index (χ0v) is 16.8. The number of benzene rings is 1. The van der Waals surface area contributed by atoms with Crippen LogP contribution in [0.4, 0.5) is 0 Å². The Labute approximate surface area is 172 Å². The molecule has 0 radical (unpaired) electrons. The predicted molar refractivity (Wildman–Crippen MR) is 116 cm³/mol. The van der Waals surface area contributed by atoms with Crippen molar-refractivity contribution in [3.63, 3.8) is 0 Å². The molecule has 0 amide bonds. The van der Waals surface area contributed by atoms with E-state index in [0.29, 0.717) is 0 Å². The standard InChI is InChI=1S/C24H28N4O/c1-2-5-20(6-3-1)22-17-23(24(27-19-22)21-7-10-25-11-8-21)18-26-9-4-12-28-13-15-29-16-14-28/h1-3,5-8,10-11,17,19,26H,4,9,12-16,18H2.